The number of aromatic nitrogens is 4. The number of ether oxygens (including phenoxy) is 1. The third-order valence-electron chi connectivity index (χ3n) is 3.88. The zero-order chi connectivity index (χ0) is 17.1. The Balaban J connectivity index is 0.00000196. The molecule has 0 unspecified atom stereocenters. The topological polar surface area (TPSA) is 43.8 Å². The van der Waals surface area contributed by atoms with E-state index in [1.807, 2.05) is 84.9 Å². The van der Waals surface area contributed by atoms with Crippen LogP contribution < -0.4 is 21.9 Å². The van der Waals surface area contributed by atoms with Crippen LogP contribution in [-0.2, 0) is 0 Å². The zero-order valence-corrected chi connectivity index (χ0v) is 14.9. The summed E-state index contributed by atoms with van der Waals surface area (Å²) in [5.74, 6) is 1.46. The number of halogens is 1. The van der Waals surface area contributed by atoms with E-state index >= 15 is 0 Å². The van der Waals surface area contributed by atoms with E-state index in [2.05, 4.69) is 0 Å². The fraction of sp³-hybridized carbons (Fsp3) is 0.0500. The molecule has 0 saturated heterocycles. The van der Waals surface area contributed by atoms with Gasteiger partial charge in [0, 0.05) is 4.80 Å². The third kappa shape index (κ3) is 3.43. The average molecular weight is 365 g/mol. The second kappa shape index (κ2) is 7.80. The molecule has 0 amide bonds. The van der Waals surface area contributed by atoms with Crippen molar-refractivity contribution in [1.29, 1.82) is 0 Å². The Morgan fingerprint density at radius 2 is 1.42 bits per heavy atom. The van der Waals surface area contributed by atoms with Gasteiger partial charge in [-0.3, -0.25) is 0 Å². The maximum Gasteiger partial charge on any atom is 0.340 e. The monoisotopic (exact) mass is 364 g/mol. The Morgan fingerprint density at radius 1 is 0.808 bits per heavy atom. The molecule has 1 aromatic heterocycles. The van der Waals surface area contributed by atoms with E-state index in [1.54, 1.807) is 16.7 Å². The molecule has 3 aromatic carbocycles. The van der Waals surface area contributed by atoms with E-state index < -0.39 is 0 Å². The van der Waals surface area contributed by atoms with Crippen LogP contribution in [0, 0.1) is 0 Å². The molecule has 0 bridgehead atoms. The minimum atomic E-state index is 0. The van der Waals surface area contributed by atoms with Crippen LogP contribution in [-0.4, -0.2) is 22.1 Å². The van der Waals surface area contributed by atoms with Crippen molar-refractivity contribution in [3.63, 3.8) is 0 Å². The third-order valence-corrected chi connectivity index (χ3v) is 3.88. The summed E-state index contributed by atoms with van der Waals surface area (Å²) in [4.78, 5) is 3.60. The molecule has 6 heteroatoms. The molecule has 4 aromatic rings. The first-order valence-corrected chi connectivity index (χ1v) is 8.00. The summed E-state index contributed by atoms with van der Waals surface area (Å²) in [7, 11) is 1.65. The van der Waals surface area contributed by atoms with Crippen molar-refractivity contribution in [3.8, 4) is 28.5 Å². The Kier molecular flexibility index (Phi) is 5.29. The van der Waals surface area contributed by atoms with Gasteiger partial charge in [-0.05, 0) is 58.4 Å². The van der Waals surface area contributed by atoms with Gasteiger partial charge < -0.3 is 17.1 Å². The van der Waals surface area contributed by atoms with Gasteiger partial charge in [-0.25, -0.2) is 0 Å². The number of hydrogen-bond acceptors (Lipinski definition) is 3. The molecule has 0 aliphatic carbocycles. The maximum absolute atomic E-state index is 5.22. The molecule has 0 spiro atoms. The molecule has 5 nitrogen and oxygen atoms in total. The van der Waals surface area contributed by atoms with Crippen LogP contribution in [0.4, 0.5) is 0 Å². The van der Waals surface area contributed by atoms with Crippen LogP contribution in [0.25, 0.3) is 22.8 Å². The molecular weight excluding hydrogens is 348 g/mol. The van der Waals surface area contributed by atoms with Gasteiger partial charge in [0.25, 0.3) is 0 Å². The van der Waals surface area contributed by atoms with Crippen LogP contribution in [0.15, 0.2) is 84.9 Å². The van der Waals surface area contributed by atoms with Crippen LogP contribution in [0.1, 0.15) is 0 Å². The Morgan fingerprint density at radius 3 is 2.04 bits per heavy atom. The molecule has 130 valence electrons. The number of benzene rings is 3. The second-order valence-corrected chi connectivity index (χ2v) is 5.50. The smallest absolute Gasteiger partial charge is 0.340 e. The van der Waals surface area contributed by atoms with Gasteiger partial charge in [-0.1, -0.05) is 36.4 Å². The van der Waals surface area contributed by atoms with E-state index in [4.69, 9.17) is 14.9 Å². The first kappa shape index (κ1) is 17.6. The molecule has 0 N–H and O–H groups in total. The standard InChI is InChI=1S/C20H17N4O.ClH/c1-25-19-14-12-16(13-15-19)20-21-23(17-8-4-2-5-9-17)24(22-20)18-10-6-3-7-11-18;/h2-15H,1H3;1H/q+1;/p-1. The van der Waals surface area contributed by atoms with Crippen molar-refractivity contribution >= 4 is 0 Å². The van der Waals surface area contributed by atoms with Gasteiger partial charge in [-0.15, -0.1) is 0 Å². The van der Waals surface area contributed by atoms with Crippen LogP contribution >= 0.6 is 0 Å². The van der Waals surface area contributed by atoms with Crippen molar-refractivity contribution in [3.05, 3.63) is 84.9 Å². The summed E-state index contributed by atoms with van der Waals surface area (Å²) in [5.41, 5.74) is 2.82. The fourth-order valence-electron chi connectivity index (χ4n) is 2.60. The van der Waals surface area contributed by atoms with Crippen molar-refractivity contribution in [1.82, 2.24) is 15.0 Å². The normalized spacial score (nSPS) is 10.2. The number of rotatable bonds is 4. The van der Waals surface area contributed by atoms with Gasteiger partial charge in [0.1, 0.15) is 11.4 Å². The SMILES string of the molecule is COc1ccc(-c2nn(-c3ccccc3)[n+](-c3ccccc3)n2)cc1.[Cl-]. The molecule has 0 fully saturated rings. The van der Waals surface area contributed by atoms with E-state index in [9.17, 15) is 0 Å². The zero-order valence-electron chi connectivity index (χ0n) is 14.2. The molecule has 0 aliphatic rings. The Hall–Kier alpha value is -3.18. The molecule has 1 heterocycles. The fourth-order valence-corrected chi connectivity index (χ4v) is 2.60. The molecule has 26 heavy (non-hydrogen) atoms. The number of hydrogen-bond donors (Lipinski definition) is 0. The summed E-state index contributed by atoms with van der Waals surface area (Å²) in [6.45, 7) is 0. The minimum absolute atomic E-state index is 0. The van der Waals surface area contributed by atoms with Crippen LogP contribution in [0.5, 0.6) is 5.75 Å². The van der Waals surface area contributed by atoms with Gasteiger partial charge in [-0.2, -0.15) is 0 Å². The first-order chi connectivity index (χ1) is 12.3. The summed E-state index contributed by atoms with van der Waals surface area (Å²) >= 11 is 0. The highest BCUT2D eigenvalue weighted by Gasteiger charge is 2.23. The van der Waals surface area contributed by atoms with Gasteiger partial charge in [0.2, 0.25) is 0 Å². The largest absolute Gasteiger partial charge is 1.00 e. The Labute approximate surface area is 157 Å². The van der Waals surface area contributed by atoms with Crippen molar-refractivity contribution in [2.45, 2.75) is 0 Å². The molecular formula is C20H17ClN4O. The van der Waals surface area contributed by atoms with E-state index in [0.717, 1.165) is 22.7 Å². The highest BCUT2D eigenvalue weighted by Crippen LogP contribution is 2.19. The number of methoxy groups -OCH3 is 1. The first-order valence-electron chi connectivity index (χ1n) is 8.00. The van der Waals surface area contributed by atoms with Gasteiger partial charge in [0.05, 0.1) is 17.8 Å². The lowest BCUT2D eigenvalue weighted by Gasteiger charge is -1.98. The average Bonchev–Trinajstić information content (AvgIpc) is 3.15. The molecule has 0 atom stereocenters. The molecule has 4 rings (SSSR count). The van der Waals surface area contributed by atoms with Crippen LogP contribution in [0.2, 0.25) is 0 Å². The van der Waals surface area contributed by atoms with E-state index in [0.29, 0.717) is 5.82 Å². The van der Waals surface area contributed by atoms with Gasteiger partial charge >= 0.3 is 5.82 Å². The van der Waals surface area contributed by atoms with E-state index in [-0.39, 0.29) is 12.4 Å². The van der Waals surface area contributed by atoms with Crippen molar-refractivity contribution in [2.75, 3.05) is 7.11 Å². The second-order valence-electron chi connectivity index (χ2n) is 5.50. The van der Waals surface area contributed by atoms with Crippen molar-refractivity contribution in [2.24, 2.45) is 0 Å². The predicted molar refractivity (Wildman–Crippen MR) is 94.9 cm³/mol. The number of para-hydroxylation sites is 2. The Bertz CT molecular complexity index is 913. The summed E-state index contributed by atoms with van der Waals surface area (Å²) in [6.07, 6.45) is 0. The molecule has 0 aliphatic heterocycles. The summed E-state index contributed by atoms with van der Waals surface area (Å²) < 4.78 is 5.22. The van der Waals surface area contributed by atoms with Crippen LogP contribution in [0.3, 0.4) is 0 Å². The predicted octanol–water partition coefficient (Wildman–Crippen LogP) is 0.224. The lowest BCUT2D eigenvalue weighted by molar-refractivity contribution is -0.734. The quantitative estimate of drug-likeness (QED) is 0.487. The summed E-state index contributed by atoms with van der Waals surface area (Å²) in [6, 6.07) is 27.7. The summed E-state index contributed by atoms with van der Waals surface area (Å²) in [5, 5.41) is 9.42. The highest BCUT2D eigenvalue weighted by atomic mass is 35.5. The molecule has 0 saturated carbocycles. The van der Waals surface area contributed by atoms with E-state index in [1.165, 1.54) is 0 Å². The highest BCUT2D eigenvalue weighted by molar-refractivity contribution is 5.55. The van der Waals surface area contributed by atoms with Crippen molar-refractivity contribution < 1.29 is 21.9 Å². The number of nitrogens with zero attached hydrogens (tertiary/aromatic N) is 4. The maximum atomic E-state index is 5.22. The lowest BCUT2D eigenvalue weighted by atomic mass is 10.2. The lowest BCUT2D eigenvalue weighted by Crippen LogP contribution is -3.00. The minimum Gasteiger partial charge on any atom is -1.00 e. The number of tetrazole rings is 1. The van der Waals surface area contributed by atoms with Gasteiger partial charge in [0.15, 0.2) is 5.69 Å². The molecule has 0 radical (unpaired) electrons.